The smallest absolute Gasteiger partial charge is 0.319 e. The average Bonchev–Trinajstić information content (AvgIpc) is 2.98. The van der Waals surface area contributed by atoms with Crippen molar-refractivity contribution in [3.63, 3.8) is 0 Å². The van der Waals surface area contributed by atoms with E-state index in [9.17, 15) is 9.18 Å². The van der Waals surface area contributed by atoms with E-state index in [1.807, 2.05) is 24.3 Å². The molecular weight excluding hydrogens is 321 g/mol. The highest BCUT2D eigenvalue weighted by Crippen LogP contribution is 2.34. The fourth-order valence-corrected chi connectivity index (χ4v) is 2.68. The van der Waals surface area contributed by atoms with Crippen molar-refractivity contribution in [1.82, 2.24) is 10.3 Å². The summed E-state index contributed by atoms with van der Waals surface area (Å²) in [6.45, 7) is 1.11. The summed E-state index contributed by atoms with van der Waals surface area (Å²) in [5.41, 5.74) is 3.11. The van der Waals surface area contributed by atoms with Gasteiger partial charge in [-0.05, 0) is 36.8 Å². The second kappa shape index (κ2) is 7.81. The van der Waals surface area contributed by atoms with Crippen LogP contribution in [0.3, 0.4) is 0 Å². The molecule has 1 aromatic heterocycles. The number of nitrogens with one attached hydrogen (secondary N) is 3. The molecule has 25 heavy (non-hydrogen) atoms. The predicted molar refractivity (Wildman–Crippen MR) is 97.2 cm³/mol. The van der Waals surface area contributed by atoms with E-state index in [1.165, 1.54) is 12.1 Å². The lowest BCUT2D eigenvalue weighted by atomic mass is 10.1. The number of methoxy groups -OCH3 is 1. The van der Waals surface area contributed by atoms with E-state index in [2.05, 4.69) is 15.6 Å². The molecule has 0 unspecified atom stereocenters. The highest BCUT2D eigenvalue weighted by Gasteiger charge is 2.15. The van der Waals surface area contributed by atoms with Gasteiger partial charge in [0.15, 0.2) is 0 Å². The number of benzene rings is 2. The Kier molecular flexibility index (Phi) is 5.30. The van der Waals surface area contributed by atoms with Crippen LogP contribution in [0.5, 0.6) is 0 Å². The third-order valence-electron chi connectivity index (χ3n) is 3.89. The molecule has 0 fully saturated rings. The van der Waals surface area contributed by atoms with Crippen LogP contribution in [0, 0.1) is 5.82 Å². The minimum absolute atomic E-state index is 0.288. The standard InChI is InChI=1S/C19H20FN3O2/c1-25-12-4-11-21-19(24)23-18-15-5-2-3-6-16(15)22-17(18)13-7-9-14(20)10-8-13/h2-3,5-10,22H,4,11-12H2,1H3,(H2,21,23,24). The molecule has 0 spiro atoms. The van der Waals surface area contributed by atoms with Gasteiger partial charge in [0, 0.05) is 36.7 Å². The number of amides is 2. The fourth-order valence-electron chi connectivity index (χ4n) is 2.68. The molecule has 0 atom stereocenters. The number of hydrogen-bond donors (Lipinski definition) is 3. The number of anilines is 1. The molecule has 2 aromatic carbocycles. The Morgan fingerprint density at radius 3 is 2.68 bits per heavy atom. The zero-order valence-corrected chi connectivity index (χ0v) is 13.9. The van der Waals surface area contributed by atoms with E-state index in [0.717, 1.165) is 28.6 Å². The first-order valence-electron chi connectivity index (χ1n) is 8.09. The molecule has 6 heteroatoms. The quantitative estimate of drug-likeness (QED) is 0.590. The third-order valence-corrected chi connectivity index (χ3v) is 3.89. The van der Waals surface area contributed by atoms with Crippen molar-refractivity contribution in [3.8, 4) is 11.3 Å². The maximum atomic E-state index is 13.2. The molecule has 0 aliphatic rings. The SMILES string of the molecule is COCCCNC(=O)Nc1c(-c2ccc(F)cc2)[nH]c2ccccc12. The second-order valence-electron chi connectivity index (χ2n) is 5.65. The van der Waals surface area contributed by atoms with Crippen LogP contribution in [-0.4, -0.2) is 31.3 Å². The fraction of sp³-hybridized carbons (Fsp3) is 0.211. The lowest BCUT2D eigenvalue weighted by molar-refractivity contribution is 0.194. The number of hydrogen-bond acceptors (Lipinski definition) is 2. The second-order valence-corrected chi connectivity index (χ2v) is 5.65. The summed E-state index contributed by atoms with van der Waals surface area (Å²) in [5.74, 6) is -0.301. The summed E-state index contributed by atoms with van der Waals surface area (Å²) < 4.78 is 18.2. The zero-order chi connectivity index (χ0) is 17.6. The van der Waals surface area contributed by atoms with Gasteiger partial charge in [0.05, 0.1) is 11.4 Å². The Hall–Kier alpha value is -2.86. The maximum Gasteiger partial charge on any atom is 0.319 e. The van der Waals surface area contributed by atoms with E-state index in [0.29, 0.717) is 18.8 Å². The normalized spacial score (nSPS) is 10.8. The number of para-hydroxylation sites is 1. The Balaban J connectivity index is 1.88. The summed E-state index contributed by atoms with van der Waals surface area (Å²) in [5, 5.41) is 6.61. The zero-order valence-electron chi connectivity index (χ0n) is 13.9. The number of aromatic nitrogens is 1. The molecule has 0 saturated heterocycles. The van der Waals surface area contributed by atoms with Gasteiger partial charge in [0.2, 0.25) is 0 Å². The van der Waals surface area contributed by atoms with Crippen LogP contribution < -0.4 is 10.6 Å². The number of aromatic amines is 1. The van der Waals surface area contributed by atoms with E-state index in [4.69, 9.17) is 4.74 Å². The topological polar surface area (TPSA) is 66.2 Å². The van der Waals surface area contributed by atoms with Crippen molar-refractivity contribution in [2.45, 2.75) is 6.42 Å². The largest absolute Gasteiger partial charge is 0.385 e. The Morgan fingerprint density at radius 2 is 1.92 bits per heavy atom. The predicted octanol–water partition coefficient (Wildman–Crippen LogP) is 4.13. The molecule has 3 rings (SSSR count). The highest BCUT2D eigenvalue weighted by molar-refractivity contribution is 6.07. The molecule has 0 aliphatic heterocycles. The van der Waals surface area contributed by atoms with Crippen LogP contribution in [0.1, 0.15) is 6.42 Å². The number of carbonyl (C=O) groups is 1. The van der Waals surface area contributed by atoms with Crippen LogP contribution in [-0.2, 0) is 4.74 Å². The minimum Gasteiger partial charge on any atom is -0.385 e. The van der Waals surface area contributed by atoms with Crippen LogP contribution in [0.15, 0.2) is 48.5 Å². The highest BCUT2D eigenvalue weighted by atomic mass is 19.1. The van der Waals surface area contributed by atoms with Crippen molar-refractivity contribution in [2.24, 2.45) is 0 Å². The van der Waals surface area contributed by atoms with Crippen molar-refractivity contribution < 1.29 is 13.9 Å². The first-order chi connectivity index (χ1) is 12.2. The van der Waals surface area contributed by atoms with E-state index in [-0.39, 0.29) is 11.8 Å². The summed E-state index contributed by atoms with van der Waals surface area (Å²) in [4.78, 5) is 15.5. The molecule has 1 heterocycles. The first kappa shape index (κ1) is 17.0. The average molecular weight is 341 g/mol. The number of ether oxygens (including phenoxy) is 1. The van der Waals surface area contributed by atoms with Crippen molar-refractivity contribution in [1.29, 1.82) is 0 Å². The first-order valence-corrected chi connectivity index (χ1v) is 8.09. The molecule has 2 amide bonds. The number of rotatable bonds is 6. The van der Waals surface area contributed by atoms with Gasteiger partial charge in [-0.2, -0.15) is 0 Å². The van der Waals surface area contributed by atoms with Gasteiger partial charge in [-0.25, -0.2) is 9.18 Å². The van der Waals surface area contributed by atoms with Crippen molar-refractivity contribution >= 4 is 22.6 Å². The lowest BCUT2D eigenvalue weighted by Crippen LogP contribution is -2.30. The lowest BCUT2D eigenvalue weighted by Gasteiger charge is -2.09. The van der Waals surface area contributed by atoms with Crippen molar-refractivity contribution in [3.05, 3.63) is 54.3 Å². The van der Waals surface area contributed by atoms with E-state index < -0.39 is 0 Å². The minimum atomic E-state index is -0.301. The van der Waals surface area contributed by atoms with E-state index >= 15 is 0 Å². The molecule has 0 bridgehead atoms. The number of halogens is 1. The Labute approximate surface area is 145 Å². The van der Waals surface area contributed by atoms with Crippen LogP contribution >= 0.6 is 0 Å². The molecule has 5 nitrogen and oxygen atoms in total. The Bertz CT molecular complexity index is 859. The van der Waals surface area contributed by atoms with Gasteiger partial charge in [-0.15, -0.1) is 0 Å². The summed E-state index contributed by atoms with van der Waals surface area (Å²) in [6.07, 6.45) is 0.739. The monoisotopic (exact) mass is 341 g/mol. The number of urea groups is 1. The molecule has 0 aliphatic carbocycles. The van der Waals surface area contributed by atoms with Gasteiger partial charge >= 0.3 is 6.03 Å². The number of carbonyl (C=O) groups excluding carboxylic acids is 1. The van der Waals surface area contributed by atoms with Crippen LogP contribution in [0.4, 0.5) is 14.9 Å². The molecule has 0 radical (unpaired) electrons. The van der Waals surface area contributed by atoms with Crippen LogP contribution in [0.25, 0.3) is 22.2 Å². The van der Waals surface area contributed by atoms with Gasteiger partial charge in [0.1, 0.15) is 5.82 Å². The molecule has 130 valence electrons. The van der Waals surface area contributed by atoms with Gasteiger partial charge in [0.25, 0.3) is 0 Å². The molecule has 3 N–H and O–H groups in total. The van der Waals surface area contributed by atoms with Gasteiger partial charge < -0.3 is 20.4 Å². The molecule has 0 saturated carbocycles. The van der Waals surface area contributed by atoms with Gasteiger partial charge in [-0.1, -0.05) is 18.2 Å². The molecular formula is C19H20FN3O2. The van der Waals surface area contributed by atoms with E-state index in [1.54, 1.807) is 19.2 Å². The van der Waals surface area contributed by atoms with Crippen LogP contribution in [0.2, 0.25) is 0 Å². The summed E-state index contributed by atoms with van der Waals surface area (Å²) in [7, 11) is 1.63. The van der Waals surface area contributed by atoms with Crippen molar-refractivity contribution in [2.75, 3.05) is 25.6 Å². The summed E-state index contributed by atoms with van der Waals surface area (Å²) in [6, 6.07) is 13.6. The number of H-pyrrole nitrogens is 1. The third kappa shape index (κ3) is 3.97. The Morgan fingerprint density at radius 1 is 1.16 bits per heavy atom. The maximum absolute atomic E-state index is 13.2. The summed E-state index contributed by atoms with van der Waals surface area (Å²) >= 11 is 0. The van der Waals surface area contributed by atoms with Gasteiger partial charge in [-0.3, -0.25) is 0 Å². The molecule has 3 aromatic rings. The number of fused-ring (bicyclic) bond motifs is 1.